The highest BCUT2D eigenvalue weighted by Gasteiger charge is 2.41. The second kappa shape index (κ2) is 10.0. The van der Waals surface area contributed by atoms with Gasteiger partial charge < -0.3 is 39.4 Å². The van der Waals surface area contributed by atoms with E-state index in [1.165, 1.54) is 28.4 Å². The van der Waals surface area contributed by atoms with Crippen molar-refractivity contribution in [2.45, 2.75) is 50.7 Å². The molecule has 0 fully saturated rings. The Balaban J connectivity index is 1.84. The highest BCUT2D eigenvalue weighted by Crippen LogP contribution is 2.56. The second-order valence-electron chi connectivity index (χ2n) is 12.2. The van der Waals surface area contributed by atoms with E-state index in [1.54, 1.807) is 38.1 Å². The van der Waals surface area contributed by atoms with Crippen LogP contribution in [0.4, 0.5) is 0 Å². The lowest BCUT2D eigenvalue weighted by Gasteiger charge is -2.33. The normalized spacial score (nSPS) is 21.3. The maximum Gasteiger partial charge on any atom is 0.169 e. The van der Waals surface area contributed by atoms with Gasteiger partial charge in [-0.05, 0) is 48.6 Å². The molecule has 0 bridgehead atoms. The second-order valence-corrected chi connectivity index (χ2v) is 12.2. The van der Waals surface area contributed by atoms with Crippen molar-refractivity contribution >= 4 is 33.1 Å². The number of Topliss-reactive ketones (excluding diaryl/α,β-unsaturated/α-hetero) is 2. The summed E-state index contributed by atoms with van der Waals surface area (Å²) in [4.78, 5) is 26.7. The molecule has 0 amide bonds. The standard InChI is InChI=1S/C34H34O10/c1-33(39)11-16-7-15-8-22(42-4)29(32(44-6)25(15)30(37)24(16)20(35)13-33)26-18-9-17(41-3)10-23(43-5)28(18)31(38)27-19(26)12-34(2,40)14-21(27)36/h7-10,37-40H,11-14H2,1-6H3/t33?,34-/m0/s1. The fourth-order valence-electron chi connectivity index (χ4n) is 7.01. The van der Waals surface area contributed by atoms with Crippen molar-refractivity contribution in [1.29, 1.82) is 0 Å². The molecule has 44 heavy (non-hydrogen) atoms. The molecule has 0 spiro atoms. The predicted molar refractivity (Wildman–Crippen MR) is 163 cm³/mol. The Morgan fingerprint density at radius 2 is 1.25 bits per heavy atom. The Kier molecular flexibility index (Phi) is 6.71. The largest absolute Gasteiger partial charge is 0.506 e. The first-order valence-electron chi connectivity index (χ1n) is 14.1. The minimum absolute atomic E-state index is 0.000512. The molecule has 0 saturated carbocycles. The number of methoxy groups -OCH3 is 4. The number of ether oxygens (including phenoxy) is 4. The molecule has 4 aromatic carbocycles. The number of hydrogen-bond donors (Lipinski definition) is 4. The third kappa shape index (κ3) is 4.31. The van der Waals surface area contributed by atoms with Gasteiger partial charge in [0.05, 0.1) is 67.1 Å². The molecule has 0 aliphatic heterocycles. The van der Waals surface area contributed by atoms with Crippen LogP contribution in [0.15, 0.2) is 24.3 Å². The number of phenols is 2. The Bertz CT molecular complexity index is 1920. The summed E-state index contributed by atoms with van der Waals surface area (Å²) in [5.74, 6) is -0.339. The Morgan fingerprint density at radius 1 is 0.636 bits per heavy atom. The van der Waals surface area contributed by atoms with E-state index in [0.29, 0.717) is 44.5 Å². The maximum absolute atomic E-state index is 13.6. The van der Waals surface area contributed by atoms with Crippen LogP contribution in [-0.4, -0.2) is 71.6 Å². The van der Waals surface area contributed by atoms with Crippen LogP contribution in [0, 0.1) is 0 Å². The van der Waals surface area contributed by atoms with Crippen LogP contribution in [0.3, 0.4) is 0 Å². The van der Waals surface area contributed by atoms with Crippen molar-refractivity contribution in [2.24, 2.45) is 0 Å². The summed E-state index contributed by atoms with van der Waals surface area (Å²) in [5, 5.41) is 46.5. The van der Waals surface area contributed by atoms with E-state index in [1.807, 2.05) is 0 Å². The zero-order chi connectivity index (χ0) is 31.9. The molecule has 2 atom stereocenters. The summed E-state index contributed by atoms with van der Waals surface area (Å²) < 4.78 is 23.1. The number of aromatic hydroxyl groups is 2. The van der Waals surface area contributed by atoms with Crippen LogP contribution in [-0.2, 0) is 12.8 Å². The van der Waals surface area contributed by atoms with E-state index in [0.717, 1.165) is 0 Å². The van der Waals surface area contributed by atoms with Crippen LogP contribution < -0.4 is 18.9 Å². The van der Waals surface area contributed by atoms with E-state index >= 15 is 0 Å². The van der Waals surface area contributed by atoms with Gasteiger partial charge in [-0.1, -0.05) is 0 Å². The van der Waals surface area contributed by atoms with E-state index in [2.05, 4.69) is 0 Å². The molecular weight excluding hydrogens is 568 g/mol. The van der Waals surface area contributed by atoms with Gasteiger partial charge in [0.1, 0.15) is 34.5 Å². The van der Waals surface area contributed by atoms with Crippen molar-refractivity contribution in [3.05, 3.63) is 46.5 Å². The van der Waals surface area contributed by atoms with Crippen molar-refractivity contribution in [3.8, 4) is 45.6 Å². The van der Waals surface area contributed by atoms with Gasteiger partial charge >= 0.3 is 0 Å². The molecule has 2 aliphatic carbocycles. The van der Waals surface area contributed by atoms with Gasteiger partial charge in [0, 0.05) is 42.7 Å². The molecular formula is C34H34O10. The summed E-state index contributed by atoms with van der Waals surface area (Å²) in [6.07, 6.45) is -0.198. The van der Waals surface area contributed by atoms with Gasteiger partial charge in [-0.3, -0.25) is 9.59 Å². The van der Waals surface area contributed by atoms with Crippen molar-refractivity contribution in [3.63, 3.8) is 0 Å². The average molecular weight is 603 g/mol. The molecule has 0 heterocycles. The van der Waals surface area contributed by atoms with E-state index in [9.17, 15) is 30.0 Å². The Hall–Kier alpha value is -4.54. The first-order valence-corrected chi connectivity index (χ1v) is 14.1. The third-order valence-electron chi connectivity index (χ3n) is 8.72. The molecule has 0 aromatic heterocycles. The monoisotopic (exact) mass is 602 g/mol. The first-order chi connectivity index (χ1) is 20.8. The number of hydrogen-bond acceptors (Lipinski definition) is 10. The van der Waals surface area contributed by atoms with E-state index in [4.69, 9.17) is 18.9 Å². The number of aliphatic hydroxyl groups is 2. The molecule has 10 nitrogen and oxygen atoms in total. The van der Waals surface area contributed by atoms with Gasteiger partial charge in [0.2, 0.25) is 0 Å². The van der Waals surface area contributed by atoms with Gasteiger partial charge in [-0.25, -0.2) is 0 Å². The minimum Gasteiger partial charge on any atom is -0.506 e. The van der Waals surface area contributed by atoms with Crippen molar-refractivity contribution in [2.75, 3.05) is 28.4 Å². The number of ketones is 2. The number of phenolic OH excluding ortho intramolecular Hbond substituents is 2. The SMILES string of the molecule is COc1cc(OC)c2c(O)c3c(c(-c4c(OC)cc5cc6c(c(O)c5c4OC)C(=O)CC(C)(O)C6)c2c1)C[C@](C)(O)CC3=O. The van der Waals surface area contributed by atoms with Crippen molar-refractivity contribution < 1.29 is 49.0 Å². The predicted octanol–water partition coefficient (Wildman–Crippen LogP) is 4.87. The summed E-state index contributed by atoms with van der Waals surface area (Å²) in [6.45, 7) is 3.13. The number of carbonyl (C=O) groups is 2. The number of rotatable bonds is 5. The van der Waals surface area contributed by atoms with Crippen LogP contribution in [0.25, 0.3) is 32.7 Å². The van der Waals surface area contributed by atoms with Gasteiger partial charge in [-0.2, -0.15) is 0 Å². The lowest BCUT2D eigenvalue weighted by Crippen LogP contribution is -2.36. The smallest absolute Gasteiger partial charge is 0.169 e. The molecule has 10 heteroatoms. The average Bonchev–Trinajstić information content (AvgIpc) is 2.94. The lowest BCUT2D eigenvalue weighted by atomic mass is 9.74. The maximum atomic E-state index is 13.6. The topological polar surface area (TPSA) is 152 Å². The number of fused-ring (bicyclic) bond motifs is 4. The zero-order valence-corrected chi connectivity index (χ0v) is 25.4. The molecule has 2 aliphatic rings. The quantitative estimate of drug-likeness (QED) is 0.249. The fourth-order valence-corrected chi connectivity index (χ4v) is 7.01. The van der Waals surface area contributed by atoms with Crippen molar-refractivity contribution in [1.82, 2.24) is 0 Å². The van der Waals surface area contributed by atoms with Gasteiger partial charge in [-0.15, -0.1) is 0 Å². The van der Waals surface area contributed by atoms with Crippen LogP contribution in [0.1, 0.15) is 58.5 Å². The van der Waals surface area contributed by atoms with E-state index < -0.39 is 22.8 Å². The Labute approximate surface area is 253 Å². The van der Waals surface area contributed by atoms with Crippen LogP contribution in [0.5, 0.6) is 34.5 Å². The van der Waals surface area contributed by atoms with Crippen LogP contribution >= 0.6 is 0 Å². The van der Waals surface area contributed by atoms with Gasteiger partial charge in [0.15, 0.2) is 11.6 Å². The summed E-state index contributed by atoms with van der Waals surface area (Å²) >= 11 is 0. The summed E-state index contributed by atoms with van der Waals surface area (Å²) in [6, 6.07) is 6.69. The molecule has 4 N–H and O–H groups in total. The molecule has 4 aromatic rings. The third-order valence-corrected chi connectivity index (χ3v) is 8.72. The van der Waals surface area contributed by atoms with E-state index in [-0.39, 0.29) is 70.6 Å². The molecule has 6 rings (SSSR count). The number of carbonyl (C=O) groups excluding carboxylic acids is 2. The van der Waals surface area contributed by atoms with Crippen LogP contribution in [0.2, 0.25) is 0 Å². The van der Waals surface area contributed by atoms with Gasteiger partial charge in [0.25, 0.3) is 0 Å². The molecule has 0 radical (unpaired) electrons. The highest BCUT2D eigenvalue weighted by molar-refractivity contribution is 6.18. The molecule has 230 valence electrons. The number of benzene rings is 4. The molecule has 1 unspecified atom stereocenters. The zero-order valence-electron chi connectivity index (χ0n) is 25.4. The lowest BCUT2D eigenvalue weighted by molar-refractivity contribution is 0.0396. The fraction of sp³-hybridized carbons (Fsp3) is 0.353. The highest BCUT2D eigenvalue weighted by atomic mass is 16.5. The summed E-state index contributed by atoms with van der Waals surface area (Å²) in [5.41, 5.74) is -0.955. The summed E-state index contributed by atoms with van der Waals surface area (Å²) in [7, 11) is 5.81. The minimum atomic E-state index is -1.43. The Morgan fingerprint density at radius 3 is 1.86 bits per heavy atom. The first kappa shape index (κ1) is 29.5. The molecule has 0 saturated heterocycles.